The Morgan fingerprint density at radius 3 is 2.26 bits per heavy atom. The summed E-state index contributed by atoms with van der Waals surface area (Å²) in [4.78, 5) is 28.1. The van der Waals surface area contributed by atoms with Crippen LogP contribution in [0.25, 0.3) is 0 Å². The summed E-state index contributed by atoms with van der Waals surface area (Å²) in [6.45, 7) is 4.71. The molecule has 1 fully saturated rings. The van der Waals surface area contributed by atoms with Gasteiger partial charge in [0.1, 0.15) is 0 Å². The molecule has 31 heavy (non-hydrogen) atoms. The fraction of sp³-hybridized carbons (Fsp3) is 0.231. The third-order valence-corrected chi connectivity index (χ3v) is 5.41. The molecule has 1 saturated heterocycles. The molecule has 0 bridgehead atoms. The van der Waals surface area contributed by atoms with Crippen molar-refractivity contribution < 1.29 is 14.3 Å². The quantitative estimate of drug-likeness (QED) is 0.599. The van der Waals surface area contributed by atoms with Crippen LogP contribution in [-0.2, 0) is 17.8 Å². The molecule has 0 radical (unpaired) electrons. The van der Waals surface area contributed by atoms with Gasteiger partial charge in [0.2, 0.25) is 0 Å². The van der Waals surface area contributed by atoms with Crippen molar-refractivity contribution in [2.24, 2.45) is 0 Å². The maximum Gasteiger partial charge on any atom is 0.252 e. The summed E-state index contributed by atoms with van der Waals surface area (Å²) < 4.78 is 5.41. The van der Waals surface area contributed by atoms with Gasteiger partial charge in [-0.15, -0.1) is 0 Å². The average molecular weight is 415 g/mol. The van der Waals surface area contributed by atoms with Gasteiger partial charge in [0.15, 0.2) is 5.78 Å². The van der Waals surface area contributed by atoms with Crippen LogP contribution in [0.5, 0.6) is 0 Å². The van der Waals surface area contributed by atoms with Gasteiger partial charge in [0.25, 0.3) is 5.91 Å². The van der Waals surface area contributed by atoms with E-state index < -0.39 is 0 Å². The van der Waals surface area contributed by atoms with Gasteiger partial charge in [0, 0.05) is 37.3 Å². The molecule has 4 rings (SSSR count). The van der Waals surface area contributed by atoms with Crippen molar-refractivity contribution in [2.45, 2.75) is 13.1 Å². The number of hydrogen-bond donors (Lipinski definition) is 1. The van der Waals surface area contributed by atoms with Crippen molar-refractivity contribution in [2.75, 3.05) is 26.3 Å². The molecule has 1 N–H and O–H groups in total. The largest absolute Gasteiger partial charge is 0.379 e. The van der Waals surface area contributed by atoms with Gasteiger partial charge in [-0.1, -0.05) is 72.8 Å². The van der Waals surface area contributed by atoms with Crippen LogP contribution in [0.1, 0.15) is 37.4 Å². The Kier molecular flexibility index (Phi) is 6.87. The first-order chi connectivity index (χ1) is 15.2. The number of ether oxygens (including phenoxy) is 1. The van der Waals surface area contributed by atoms with Crippen molar-refractivity contribution in [1.29, 1.82) is 0 Å². The van der Waals surface area contributed by atoms with Crippen LogP contribution in [0.15, 0.2) is 78.9 Å². The fourth-order valence-corrected chi connectivity index (χ4v) is 3.76. The van der Waals surface area contributed by atoms with E-state index in [0.717, 1.165) is 38.4 Å². The summed E-state index contributed by atoms with van der Waals surface area (Å²) in [6.07, 6.45) is 0. The van der Waals surface area contributed by atoms with Gasteiger partial charge in [-0.05, 0) is 17.2 Å². The lowest BCUT2D eigenvalue weighted by atomic mass is 9.98. The zero-order chi connectivity index (χ0) is 21.5. The predicted octanol–water partition coefficient (Wildman–Crippen LogP) is 3.68. The van der Waals surface area contributed by atoms with Crippen molar-refractivity contribution >= 4 is 11.7 Å². The van der Waals surface area contributed by atoms with Crippen molar-refractivity contribution in [3.05, 3.63) is 107 Å². The minimum atomic E-state index is -0.251. The minimum Gasteiger partial charge on any atom is -0.379 e. The van der Waals surface area contributed by atoms with Crippen LogP contribution in [-0.4, -0.2) is 42.9 Å². The van der Waals surface area contributed by atoms with Crippen molar-refractivity contribution in [1.82, 2.24) is 10.2 Å². The summed E-state index contributed by atoms with van der Waals surface area (Å²) >= 11 is 0. The van der Waals surface area contributed by atoms with Gasteiger partial charge >= 0.3 is 0 Å². The zero-order valence-electron chi connectivity index (χ0n) is 17.4. The number of carbonyl (C=O) groups is 2. The molecule has 5 nitrogen and oxygen atoms in total. The molecular formula is C26H26N2O3. The van der Waals surface area contributed by atoms with Crippen LogP contribution in [0.2, 0.25) is 0 Å². The van der Waals surface area contributed by atoms with Gasteiger partial charge in [-0.2, -0.15) is 0 Å². The van der Waals surface area contributed by atoms with Gasteiger partial charge in [0.05, 0.1) is 18.8 Å². The number of hydrogen-bond acceptors (Lipinski definition) is 4. The lowest BCUT2D eigenvalue weighted by Gasteiger charge is -2.26. The molecule has 3 aromatic carbocycles. The Balaban J connectivity index is 1.43. The van der Waals surface area contributed by atoms with E-state index in [-0.39, 0.29) is 11.7 Å². The molecule has 0 atom stereocenters. The normalized spacial score (nSPS) is 14.2. The molecule has 0 aliphatic carbocycles. The molecule has 1 heterocycles. The second-order valence-corrected chi connectivity index (χ2v) is 7.63. The van der Waals surface area contributed by atoms with E-state index >= 15 is 0 Å². The number of nitrogens with one attached hydrogen (secondary N) is 1. The van der Waals surface area contributed by atoms with Crippen LogP contribution in [0.4, 0.5) is 0 Å². The Morgan fingerprint density at radius 1 is 0.806 bits per heavy atom. The van der Waals surface area contributed by atoms with E-state index in [4.69, 9.17) is 4.74 Å². The van der Waals surface area contributed by atoms with Gasteiger partial charge < -0.3 is 10.1 Å². The first kappa shape index (κ1) is 21.0. The van der Waals surface area contributed by atoms with Gasteiger partial charge in [-0.3, -0.25) is 14.5 Å². The molecule has 1 aliphatic rings. The number of amides is 1. The number of morpholine rings is 1. The Bertz CT molecular complexity index is 1040. The first-order valence-electron chi connectivity index (χ1n) is 10.6. The standard InChI is InChI=1S/C26H26N2O3/c29-25(22-9-2-1-3-10-22)23-11-4-5-12-24(23)26(30)27-18-20-7-6-8-21(17-20)19-28-13-15-31-16-14-28/h1-12,17H,13-16,18-19H2,(H,27,30). The second kappa shape index (κ2) is 10.2. The third-order valence-electron chi connectivity index (χ3n) is 5.41. The number of nitrogens with zero attached hydrogens (tertiary/aromatic N) is 1. The van der Waals surface area contributed by atoms with E-state index in [9.17, 15) is 9.59 Å². The number of rotatable bonds is 7. The van der Waals surface area contributed by atoms with Crippen molar-refractivity contribution in [3.8, 4) is 0 Å². The summed E-state index contributed by atoms with van der Waals surface area (Å²) in [5.74, 6) is -0.405. The minimum absolute atomic E-state index is 0.154. The predicted molar refractivity (Wildman–Crippen MR) is 120 cm³/mol. The van der Waals surface area contributed by atoms with Crippen LogP contribution < -0.4 is 5.32 Å². The molecule has 0 aromatic heterocycles. The second-order valence-electron chi connectivity index (χ2n) is 7.63. The van der Waals surface area contributed by atoms with E-state index in [1.807, 2.05) is 30.3 Å². The van der Waals surface area contributed by atoms with Crippen LogP contribution >= 0.6 is 0 Å². The monoisotopic (exact) mass is 414 g/mol. The maximum atomic E-state index is 12.9. The molecule has 1 aliphatic heterocycles. The molecular weight excluding hydrogens is 388 g/mol. The number of ketones is 1. The lowest BCUT2D eigenvalue weighted by molar-refractivity contribution is 0.0342. The summed E-state index contributed by atoms with van der Waals surface area (Å²) in [5, 5.41) is 2.97. The molecule has 5 heteroatoms. The van der Waals surface area contributed by atoms with Crippen molar-refractivity contribution in [3.63, 3.8) is 0 Å². The third kappa shape index (κ3) is 5.45. The maximum absolute atomic E-state index is 12.9. The molecule has 1 amide bonds. The van der Waals surface area contributed by atoms with E-state index in [0.29, 0.717) is 23.2 Å². The zero-order valence-corrected chi connectivity index (χ0v) is 17.4. The SMILES string of the molecule is O=C(NCc1cccc(CN2CCOCC2)c1)c1ccccc1C(=O)c1ccccc1. The molecule has 0 spiro atoms. The number of benzene rings is 3. The van der Waals surface area contributed by atoms with E-state index in [1.165, 1.54) is 5.56 Å². The highest BCUT2D eigenvalue weighted by Crippen LogP contribution is 2.15. The Hall–Kier alpha value is -3.28. The topological polar surface area (TPSA) is 58.6 Å². The Morgan fingerprint density at radius 2 is 1.48 bits per heavy atom. The highest BCUT2D eigenvalue weighted by Gasteiger charge is 2.18. The highest BCUT2D eigenvalue weighted by atomic mass is 16.5. The van der Waals surface area contributed by atoms with Gasteiger partial charge in [-0.25, -0.2) is 0 Å². The molecule has 3 aromatic rings. The average Bonchev–Trinajstić information content (AvgIpc) is 2.83. The smallest absolute Gasteiger partial charge is 0.252 e. The highest BCUT2D eigenvalue weighted by molar-refractivity contribution is 6.15. The Labute approximate surface area is 182 Å². The summed E-state index contributed by atoms with van der Waals surface area (Å²) in [5.41, 5.74) is 3.62. The van der Waals surface area contributed by atoms with E-state index in [1.54, 1.807) is 36.4 Å². The summed E-state index contributed by atoms with van der Waals surface area (Å²) in [6, 6.07) is 24.2. The molecule has 158 valence electrons. The van der Waals surface area contributed by atoms with E-state index in [2.05, 4.69) is 22.3 Å². The molecule has 0 unspecified atom stereocenters. The van der Waals surface area contributed by atoms with Crippen LogP contribution in [0, 0.1) is 0 Å². The number of carbonyl (C=O) groups excluding carboxylic acids is 2. The fourth-order valence-electron chi connectivity index (χ4n) is 3.76. The van der Waals surface area contributed by atoms with Crippen LogP contribution in [0.3, 0.4) is 0 Å². The summed E-state index contributed by atoms with van der Waals surface area (Å²) in [7, 11) is 0. The first-order valence-corrected chi connectivity index (χ1v) is 10.6. The lowest BCUT2D eigenvalue weighted by Crippen LogP contribution is -2.35. The molecule has 0 saturated carbocycles.